The Kier molecular flexibility index (Phi) is 6.49. The Bertz CT molecular complexity index is 445. The SMILES string of the molecule is C/C(=N\[NH+]=C(N)N)c1ccc(C)cc1.O=[N+]([O-])[O-]. The lowest BCUT2D eigenvalue weighted by Crippen LogP contribution is -2.72. The molecule has 8 nitrogen and oxygen atoms in total. The normalized spacial score (nSPS) is 10.0. The Hall–Kier alpha value is -2.64. The molecule has 98 valence electrons. The van der Waals surface area contributed by atoms with Crippen LogP contribution in [-0.4, -0.2) is 16.8 Å². The van der Waals surface area contributed by atoms with Gasteiger partial charge in [0, 0.05) is 0 Å². The molecule has 0 unspecified atom stereocenters. The van der Waals surface area contributed by atoms with Crippen LogP contribution in [0.3, 0.4) is 0 Å². The molecule has 0 saturated carbocycles. The van der Waals surface area contributed by atoms with Crippen molar-refractivity contribution in [3.63, 3.8) is 0 Å². The summed E-state index contributed by atoms with van der Waals surface area (Å²) in [6, 6.07) is 8.07. The van der Waals surface area contributed by atoms with E-state index < -0.39 is 5.09 Å². The van der Waals surface area contributed by atoms with E-state index in [0.29, 0.717) is 0 Å². The van der Waals surface area contributed by atoms with Gasteiger partial charge in [-0.15, -0.1) is 5.10 Å². The zero-order chi connectivity index (χ0) is 14.1. The van der Waals surface area contributed by atoms with Gasteiger partial charge in [-0.2, -0.15) is 5.10 Å². The molecule has 18 heavy (non-hydrogen) atoms. The van der Waals surface area contributed by atoms with Gasteiger partial charge in [-0.1, -0.05) is 29.8 Å². The van der Waals surface area contributed by atoms with Gasteiger partial charge < -0.3 is 15.3 Å². The van der Waals surface area contributed by atoms with E-state index in [-0.39, 0.29) is 5.96 Å². The fraction of sp³-hybridized carbons (Fsp3) is 0.200. The molecule has 0 aliphatic carbocycles. The van der Waals surface area contributed by atoms with E-state index in [0.717, 1.165) is 11.3 Å². The molecule has 8 heteroatoms. The molecule has 0 aliphatic heterocycles. The molecule has 1 rings (SSSR count). The quantitative estimate of drug-likeness (QED) is 0.263. The Morgan fingerprint density at radius 1 is 1.28 bits per heavy atom. The van der Waals surface area contributed by atoms with Gasteiger partial charge in [0.1, 0.15) is 0 Å². The molecule has 0 fully saturated rings. The Labute approximate surface area is 104 Å². The molecule has 0 heterocycles. The third-order valence-electron chi connectivity index (χ3n) is 1.82. The summed E-state index contributed by atoms with van der Waals surface area (Å²) in [5.74, 6) is 0.0939. The summed E-state index contributed by atoms with van der Waals surface area (Å²) >= 11 is 0. The minimum absolute atomic E-state index is 0.0939. The lowest BCUT2D eigenvalue weighted by Gasteiger charge is -1.98. The van der Waals surface area contributed by atoms with Crippen LogP contribution < -0.4 is 16.6 Å². The number of hydrazone groups is 1. The van der Waals surface area contributed by atoms with Crippen molar-refractivity contribution in [2.24, 2.45) is 16.6 Å². The van der Waals surface area contributed by atoms with E-state index in [9.17, 15) is 0 Å². The molecule has 0 spiro atoms. The van der Waals surface area contributed by atoms with Crippen molar-refractivity contribution in [2.45, 2.75) is 13.8 Å². The molecular weight excluding hydrogens is 238 g/mol. The number of guanidine groups is 1. The predicted octanol–water partition coefficient (Wildman–Crippen LogP) is -1.17. The number of rotatable bonds is 2. The summed E-state index contributed by atoms with van der Waals surface area (Å²) in [5, 5.41) is 21.3. The second-order valence-electron chi connectivity index (χ2n) is 3.35. The smallest absolute Gasteiger partial charge is 0.356 e. The van der Waals surface area contributed by atoms with Crippen molar-refractivity contribution in [1.82, 2.24) is 0 Å². The molecule has 0 bridgehead atoms. The van der Waals surface area contributed by atoms with Crippen molar-refractivity contribution in [3.8, 4) is 0 Å². The zero-order valence-electron chi connectivity index (χ0n) is 10.1. The van der Waals surface area contributed by atoms with Crippen molar-refractivity contribution < 1.29 is 10.2 Å². The van der Waals surface area contributed by atoms with Crippen LogP contribution in [-0.2, 0) is 0 Å². The first kappa shape index (κ1) is 15.4. The maximum absolute atomic E-state index is 8.25. The maximum atomic E-state index is 8.25. The Morgan fingerprint density at radius 2 is 1.72 bits per heavy atom. The number of benzene rings is 1. The Morgan fingerprint density at radius 3 is 2.11 bits per heavy atom. The number of nitrogens with one attached hydrogen (secondary N) is 1. The third-order valence-corrected chi connectivity index (χ3v) is 1.82. The number of nitrogens with zero attached hydrogens (tertiary/aromatic N) is 2. The summed E-state index contributed by atoms with van der Waals surface area (Å²) in [6.45, 7) is 3.93. The van der Waals surface area contributed by atoms with Crippen molar-refractivity contribution in [3.05, 3.63) is 50.7 Å². The average Bonchev–Trinajstić information content (AvgIpc) is 2.26. The van der Waals surface area contributed by atoms with Crippen molar-refractivity contribution in [1.29, 1.82) is 0 Å². The molecule has 1 aromatic rings. The second-order valence-corrected chi connectivity index (χ2v) is 3.35. The van der Waals surface area contributed by atoms with Crippen LogP contribution in [0.15, 0.2) is 29.4 Å². The van der Waals surface area contributed by atoms with Gasteiger partial charge in [0.15, 0.2) is 0 Å². The topological polar surface area (TPSA) is 145 Å². The van der Waals surface area contributed by atoms with Crippen LogP contribution in [0, 0.1) is 22.2 Å². The highest BCUT2D eigenvalue weighted by atomic mass is 16.9. The number of hydrogen-bond acceptors (Lipinski definition) is 4. The number of nitrogens with two attached hydrogens (primary N) is 2. The van der Waals surface area contributed by atoms with Gasteiger partial charge in [-0.05, 0) is 19.4 Å². The van der Waals surface area contributed by atoms with E-state index in [1.165, 1.54) is 5.56 Å². The van der Waals surface area contributed by atoms with Crippen LogP contribution in [0.2, 0.25) is 0 Å². The molecule has 0 atom stereocenters. The molecule has 1 aromatic carbocycles. The maximum Gasteiger partial charge on any atom is 0.362 e. The zero-order valence-corrected chi connectivity index (χ0v) is 10.1. The first-order chi connectivity index (χ1) is 8.32. The van der Waals surface area contributed by atoms with Crippen molar-refractivity contribution in [2.75, 3.05) is 0 Å². The summed E-state index contributed by atoms with van der Waals surface area (Å²) in [7, 11) is 0. The highest BCUT2D eigenvalue weighted by Gasteiger charge is 1.96. The lowest BCUT2D eigenvalue weighted by atomic mass is 10.1. The van der Waals surface area contributed by atoms with Gasteiger partial charge in [-0.3, -0.25) is 11.5 Å². The average molecular weight is 253 g/mol. The van der Waals surface area contributed by atoms with Gasteiger partial charge in [0.2, 0.25) is 0 Å². The standard InChI is InChI=1S/C10H14N4.NO3/c1-7-3-5-9(6-4-7)8(2)13-14-10(11)12;2-1(3)4/h3-6H,1-2H3,(H4,11,12,14);/q;-1/p+1/b13-8+;. The van der Waals surface area contributed by atoms with E-state index in [2.05, 4.69) is 10.2 Å². The minimum Gasteiger partial charge on any atom is -0.356 e. The van der Waals surface area contributed by atoms with E-state index >= 15 is 0 Å². The highest BCUT2D eigenvalue weighted by molar-refractivity contribution is 5.98. The molecule has 0 saturated heterocycles. The summed E-state index contributed by atoms with van der Waals surface area (Å²) in [6.07, 6.45) is 0. The minimum atomic E-state index is -1.75. The lowest BCUT2D eigenvalue weighted by molar-refractivity contribution is -0.464. The fourth-order valence-corrected chi connectivity index (χ4v) is 1.01. The molecular formula is C10H15N5O3. The van der Waals surface area contributed by atoms with Crippen LogP contribution >= 0.6 is 0 Å². The Balaban J connectivity index is 0.000000631. The van der Waals surface area contributed by atoms with Crippen LogP contribution in [0.5, 0.6) is 0 Å². The summed E-state index contributed by atoms with van der Waals surface area (Å²) in [5.41, 5.74) is 13.6. The predicted molar refractivity (Wildman–Crippen MR) is 68.1 cm³/mol. The van der Waals surface area contributed by atoms with Crippen LogP contribution in [0.25, 0.3) is 0 Å². The van der Waals surface area contributed by atoms with E-state index in [1.807, 2.05) is 38.1 Å². The van der Waals surface area contributed by atoms with Gasteiger partial charge >= 0.3 is 5.96 Å². The molecule has 0 aromatic heterocycles. The van der Waals surface area contributed by atoms with Crippen LogP contribution in [0.4, 0.5) is 0 Å². The molecule has 5 N–H and O–H groups in total. The van der Waals surface area contributed by atoms with Gasteiger partial charge in [0.25, 0.3) is 0 Å². The highest BCUT2D eigenvalue weighted by Crippen LogP contribution is 2.03. The summed E-state index contributed by atoms with van der Waals surface area (Å²) < 4.78 is 0. The fourth-order valence-electron chi connectivity index (χ4n) is 1.01. The summed E-state index contributed by atoms with van der Waals surface area (Å²) in [4.78, 5) is 8.25. The first-order valence-corrected chi connectivity index (χ1v) is 4.89. The van der Waals surface area contributed by atoms with Crippen LogP contribution in [0.1, 0.15) is 18.1 Å². The largest absolute Gasteiger partial charge is 0.362 e. The first-order valence-electron chi connectivity index (χ1n) is 4.89. The molecule has 0 amide bonds. The van der Waals surface area contributed by atoms with E-state index in [4.69, 9.17) is 26.8 Å². The van der Waals surface area contributed by atoms with Gasteiger partial charge in [-0.25, -0.2) is 0 Å². The van der Waals surface area contributed by atoms with E-state index in [1.54, 1.807) is 0 Å². The van der Waals surface area contributed by atoms with Crippen molar-refractivity contribution >= 4 is 11.7 Å². The number of hydrogen-bond donors (Lipinski definition) is 3. The monoisotopic (exact) mass is 253 g/mol. The second kappa shape index (κ2) is 7.60. The third kappa shape index (κ3) is 7.63. The molecule has 0 aliphatic rings. The molecule has 0 radical (unpaired) electrons. The number of aryl methyl sites for hydroxylation is 1. The van der Waals surface area contributed by atoms with Gasteiger partial charge in [0.05, 0.1) is 10.8 Å².